The highest BCUT2D eigenvalue weighted by Crippen LogP contribution is 2.30. The van der Waals surface area contributed by atoms with Gasteiger partial charge in [-0.3, -0.25) is 24.1 Å². The van der Waals surface area contributed by atoms with Gasteiger partial charge in [-0.15, -0.1) is 11.3 Å². The Morgan fingerprint density at radius 1 is 0.983 bits per heavy atom. The minimum absolute atomic E-state index is 0.0183. The van der Waals surface area contributed by atoms with E-state index in [4.69, 9.17) is 15.2 Å². The summed E-state index contributed by atoms with van der Waals surface area (Å²) < 4.78 is 12.1. The number of thiazole rings is 1. The maximum Gasteiger partial charge on any atom is 0.245 e. The van der Waals surface area contributed by atoms with Gasteiger partial charge in [0.15, 0.2) is 0 Å². The number of carbonyl (C=O) groups is 4. The fourth-order valence-electron chi connectivity index (χ4n) is 8.53. The van der Waals surface area contributed by atoms with Crippen molar-refractivity contribution in [1.82, 2.24) is 30.3 Å². The summed E-state index contributed by atoms with van der Waals surface area (Å²) in [6, 6.07) is 7.74. The quantitative estimate of drug-likeness (QED) is 0.134. The van der Waals surface area contributed by atoms with Crippen LogP contribution in [-0.2, 0) is 35.1 Å². The van der Waals surface area contributed by atoms with Crippen molar-refractivity contribution in [3.63, 3.8) is 0 Å². The van der Waals surface area contributed by atoms with Crippen LogP contribution in [0.2, 0.25) is 0 Å². The number of hydrogen-bond acceptors (Lipinski definition) is 10. The Bertz CT molecular complexity index is 1550. The summed E-state index contributed by atoms with van der Waals surface area (Å²) in [6.07, 6.45) is 4.20. The van der Waals surface area contributed by atoms with E-state index in [0.717, 1.165) is 29.8 Å². The molecule has 4 N–H and O–H groups in total. The molecule has 4 amide bonds. The lowest BCUT2D eigenvalue weighted by molar-refractivity contribution is -0.148. The topological polar surface area (TPSA) is 159 Å². The minimum Gasteiger partial charge on any atom is -0.379 e. The van der Waals surface area contributed by atoms with E-state index in [0.29, 0.717) is 32.5 Å². The molecule has 0 radical (unpaired) electrons. The van der Waals surface area contributed by atoms with Crippen LogP contribution in [0.1, 0.15) is 97.2 Å². The highest BCUT2D eigenvalue weighted by molar-refractivity contribution is 7.09. The van der Waals surface area contributed by atoms with Crippen LogP contribution in [0.5, 0.6) is 0 Å². The maximum atomic E-state index is 14.4. The first-order valence-electron chi connectivity index (χ1n) is 21.2. The molecule has 2 aromatic rings. The van der Waals surface area contributed by atoms with Crippen molar-refractivity contribution in [2.45, 2.75) is 129 Å². The molecule has 13 nitrogen and oxygen atoms in total. The number of nitrogens with zero attached hydrogens (tertiary/aromatic N) is 4. The van der Waals surface area contributed by atoms with Crippen LogP contribution >= 0.6 is 11.3 Å². The van der Waals surface area contributed by atoms with E-state index in [1.807, 2.05) is 87.2 Å². The van der Waals surface area contributed by atoms with Gasteiger partial charge in [-0.1, -0.05) is 85.2 Å². The highest BCUT2D eigenvalue weighted by atomic mass is 32.1. The van der Waals surface area contributed by atoms with Crippen molar-refractivity contribution in [2.75, 3.05) is 47.9 Å². The van der Waals surface area contributed by atoms with E-state index in [1.165, 1.54) is 11.3 Å². The predicted molar refractivity (Wildman–Crippen MR) is 231 cm³/mol. The molecule has 0 bridgehead atoms. The molecule has 9 atom stereocenters. The number of likely N-dealkylation sites (tertiary alicyclic amines) is 1. The summed E-state index contributed by atoms with van der Waals surface area (Å²) in [6.45, 7) is 15.6. The predicted octanol–water partition coefficient (Wildman–Crippen LogP) is 4.91. The van der Waals surface area contributed by atoms with Gasteiger partial charge in [0, 0.05) is 39.4 Å². The fraction of sp³-hybridized carbons (Fsp3) is 0.705. The van der Waals surface area contributed by atoms with Crippen LogP contribution in [0.15, 0.2) is 41.9 Å². The molecule has 1 aliphatic rings. The minimum atomic E-state index is -0.776. The van der Waals surface area contributed by atoms with Crippen molar-refractivity contribution in [3.8, 4) is 0 Å². The molecule has 3 rings (SSSR count). The van der Waals surface area contributed by atoms with Crippen molar-refractivity contribution in [1.29, 1.82) is 0 Å². The second-order valence-electron chi connectivity index (χ2n) is 16.8. The monoisotopic (exact) mass is 828 g/mol. The Hall–Kier alpha value is -3.43. The third-order valence-electron chi connectivity index (χ3n) is 11.9. The van der Waals surface area contributed by atoms with Crippen LogP contribution in [0, 0.1) is 23.7 Å². The smallest absolute Gasteiger partial charge is 0.245 e. The molecule has 0 spiro atoms. The van der Waals surface area contributed by atoms with Crippen LogP contribution in [0.3, 0.4) is 0 Å². The summed E-state index contributed by atoms with van der Waals surface area (Å²) in [5, 5.41) is 9.07. The number of amides is 4. The average molecular weight is 828 g/mol. The lowest BCUT2D eigenvalue weighted by Gasteiger charge is -2.41. The Morgan fingerprint density at radius 2 is 1.67 bits per heavy atom. The number of methoxy groups -OCH3 is 2. The Labute approximate surface area is 352 Å². The molecule has 326 valence electrons. The fourth-order valence-corrected chi connectivity index (χ4v) is 9.22. The zero-order valence-electron chi connectivity index (χ0n) is 37.0. The molecule has 14 heteroatoms. The largest absolute Gasteiger partial charge is 0.379 e. The zero-order chi connectivity index (χ0) is 43.1. The van der Waals surface area contributed by atoms with E-state index in [9.17, 15) is 19.2 Å². The van der Waals surface area contributed by atoms with Crippen LogP contribution < -0.4 is 16.4 Å². The molecule has 0 saturated carbocycles. The van der Waals surface area contributed by atoms with E-state index in [-0.39, 0.29) is 59.9 Å². The van der Waals surface area contributed by atoms with Gasteiger partial charge in [-0.25, -0.2) is 4.98 Å². The molecule has 2 heterocycles. The van der Waals surface area contributed by atoms with E-state index in [2.05, 4.69) is 29.5 Å². The van der Waals surface area contributed by atoms with E-state index in [1.54, 1.807) is 32.4 Å². The maximum absolute atomic E-state index is 14.4. The molecule has 1 unspecified atom stereocenters. The molecular formula is C44H73N7O6S. The van der Waals surface area contributed by atoms with Crippen LogP contribution in [0.25, 0.3) is 0 Å². The second-order valence-corrected chi connectivity index (χ2v) is 17.7. The summed E-state index contributed by atoms with van der Waals surface area (Å²) >= 11 is 1.51. The third-order valence-corrected chi connectivity index (χ3v) is 12.8. The summed E-state index contributed by atoms with van der Waals surface area (Å²) in [5.41, 5.74) is 6.84. The molecule has 1 saturated heterocycles. The average Bonchev–Trinajstić information content (AvgIpc) is 3.92. The molecular weight excluding hydrogens is 755 g/mol. The van der Waals surface area contributed by atoms with Gasteiger partial charge in [0.05, 0.1) is 48.7 Å². The Morgan fingerprint density at radius 3 is 2.22 bits per heavy atom. The van der Waals surface area contributed by atoms with Crippen LogP contribution in [-0.4, -0.2) is 128 Å². The number of benzene rings is 1. The van der Waals surface area contributed by atoms with Gasteiger partial charge >= 0.3 is 0 Å². The lowest BCUT2D eigenvalue weighted by atomic mass is 9.89. The highest BCUT2D eigenvalue weighted by Gasteiger charge is 2.43. The van der Waals surface area contributed by atoms with Gasteiger partial charge < -0.3 is 35.6 Å². The molecule has 1 aromatic carbocycles. The zero-order valence-corrected chi connectivity index (χ0v) is 37.8. The SMILES string of the molecule is CC[C@H](C)[C@@H]([C@@H](CC(=O)N1CCC[C@H]1[C@H](OC)[C@@H](C)C(=O)NC(Cc1ccccc1)c1nccs1)OC)N(C)C(=O)[C@@H](NC(=O)[C@H](C(C)C)N(C)CCCN)C(C)C. The third kappa shape index (κ3) is 13.0. The number of rotatable bonds is 24. The number of ether oxygens (including phenoxy) is 2. The number of hydrogen-bond donors (Lipinski definition) is 3. The molecule has 1 aromatic heterocycles. The number of nitrogens with one attached hydrogen (secondary N) is 2. The standard InChI is InChI=1S/C44H73N7O6S/c1-12-30(6)39(50(9)44(55)37(28(2)3)48-42(54)38(29(4)5)49(8)23-17-21-45)35(56-10)27-36(52)51-24-16-20-34(51)40(57-11)31(7)41(53)47-33(43-46-22-25-58-43)26-32-18-14-13-15-19-32/h13-15,18-19,22,25,28-31,33-35,37-40H,12,16-17,20-21,23-24,26-27,45H2,1-11H3,(H,47,53)(H,48,54)/t30-,31+,33?,34-,35+,37-,38-,39-,40+/m0/s1. The van der Waals surface area contributed by atoms with Crippen molar-refractivity contribution in [3.05, 3.63) is 52.5 Å². The summed E-state index contributed by atoms with van der Waals surface area (Å²) in [7, 11) is 6.85. The normalized spacial score (nSPS) is 18.7. The Kier molecular flexibility index (Phi) is 20.2. The second kappa shape index (κ2) is 24.0. The summed E-state index contributed by atoms with van der Waals surface area (Å²) in [5.74, 6) is -1.45. The number of carbonyl (C=O) groups excluding carboxylic acids is 4. The molecule has 58 heavy (non-hydrogen) atoms. The lowest BCUT2D eigenvalue weighted by Crippen LogP contribution is -2.60. The first-order chi connectivity index (χ1) is 27.6. The van der Waals surface area contributed by atoms with Crippen molar-refractivity contribution >= 4 is 35.0 Å². The van der Waals surface area contributed by atoms with Crippen LogP contribution in [0.4, 0.5) is 0 Å². The van der Waals surface area contributed by atoms with Crippen molar-refractivity contribution in [2.24, 2.45) is 29.4 Å². The number of aromatic nitrogens is 1. The molecule has 0 aliphatic carbocycles. The van der Waals surface area contributed by atoms with Gasteiger partial charge in [-0.2, -0.15) is 0 Å². The summed E-state index contributed by atoms with van der Waals surface area (Å²) in [4.78, 5) is 66.5. The van der Waals surface area contributed by atoms with Gasteiger partial charge in [0.25, 0.3) is 0 Å². The van der Waals surface area contributed by atoms with Gasteiger partial charge in [0.2, 0.25) is 23.6 Å². The van der Waals surface area contributed by atoms with E-state index < -0.39 is 36.3 Å². The van der Waals surface area contributed by atoms with E-state index >= 15 is 0 Å². The Balaban J connectivity index is 1.79. The first-order valence-corrected chi connectivity index (χ1v) is 22.0. The molecule has 1 fully saturated rings. The first kappa shape index (κ1) is 48.9. The van der Waals surface area contributed by atoms with Gasteiger partial charge in [-0.05, 0) is 69.1 Å². The van der Waals surface area contributed by atoms with Gasteiger partial charge in [0.1, 0.15) is 11.0 Å². The number of likely N-dealkylation sites (N-methyl/N-ethyl adjacent to an activating group) is 2. The molecule has 1 aliphatic heterocycles. The number of nitrogens with two attached hydrogens (primary N) is 1. The van der Waals surface area contributed by atoms with Crippen molar-refractivity contribution < 1.29 is 28.7 Å².